The minimum Gasteiger partial charge on any atom is -0.494 e. The summed E-state index contributed by atoms with van der Waals surface area (Å²) in [6.07, 6.45) is 0. The molecule has 5 rings (SSSR count). The molecule has 0 saturated heterocycles. The maximum absolute atomic E-state index is 5.77. The fraction of sp³-hybridized carbons (Fsp3) is 0.290. The Kier molecular flexibility index (Phi) is 5.95. The lowest BCUT2D eigenvalue weighted by molar-refractivity contribution is 0.340. The largest absolute Gasteiger partial charge is 0.494 e. The summed E-state index contributed by atoms with van der Waals surface area (Å²) in [4.78, 5) is 0. The zero-order valence-electron chi connectivity index (χ0n) is 20.9. The summed E-state index contributed by atoms with van der Waals surface area (Å²) in [5, 5.41) is 2.68. The van der Waals surface area contributed by atoms with Gasteiger partial charge in [0, 0.05) is 52.2 Å². The van der Waals surface area contributed by atoms with Gasteiger partial charge in [0.2, 0.25) is 0 Å². The molecule has 3 heteroatoms. The van der Waals surface area contributed by atoms with Crippen molar-refractivity contribution in [2.45, 2.75) is 53.6 Å². The van der Waals surface area contributed by atoms with Crippen molar-refractivity contribution in [3.63, 3.8) is 0 Å². The Hall–Kier alpha value is -3.46. The second-order valence-electron chi connectivity index (χ2n) is 8.96. The lowest BCUT2D eigenvalue weighted by atomic mass is 9.82. The van der Waals surface area contributed by atoms with E-state index in [2.05, 4.69) is 110 Å². The molecule has 34 heavy (non-hydrogen) atoms. The minimum atomic E-state index is 0.131. The molecule has 0 amide bonds. The average molecular weight is 451 g/mol. The number of nitrogens with zero attached hydrogens (tertiary/aromatic N) is 2. The highest BCUT2D eigenvalue weighted by Gasteiger charge is 2.29. The van der Waals surface area contributed by atoms with E-state index in [0.29, 0.717) is 6.61 Å². The van der Waals surface area contributed by atoms with Crippen molar-refractivity contribution in [2.24, 2.45) is 0 Å². The van der Waals surface area contributed by atoms with Crippen LogP contribution < -0.4 is 4.74 Å². The number of aryl methyl sites for hydroxylation is 2. The molecule has 3 nitrogen and oxygen atoms in total. The molecule has 0 aliphatic rings. The van der Waals surface area contributed by atoms with Gasteiger partial charge in [0.15, 0.2) is 0 Å². The van der Waals surface area contributed by atoms with Gasteiger partial charge < -0.3 is 13.9 Å². The van der Waals surface area contributed by atoms with Crippen LogP contribution in [-0.4, -0.2) is 15.7 Å². The highest BCUT2D eigenvalue weighted by molar-refractivity contribution is 5.91. The van der Waals surface area contributed by atoms with Crippen LogP contribution in [0.5, 0.6) is 5.75 Å². The number of aromatic nitrogens is 2. The highest BCUT2D eigenvalue weighted by Crippen LogP contribution is 2.44. The Morgan fingerprint density at radius 3 is 1.56 bits per heavy atom. The van der Waals surface area contributed by atoms with Gasteiger partial charge >= 0.3 is 0 Å². The summed E-state index contributed by atoms with van der Waals surface area (Å²) in [7, 11) is 0. The van der Waals surface area contributed by atoms with Gasteiger partial charge in [-0.2, -0.15) is 0 Å². The molecule has 0 radical (unpaired) electrons. The normalized spacial score (nSPS) is 11.7. The summed E-state index contributed by atoms with van der Waals surface area (Å²) in [5.74, 6) is 1.05. The zero-order valence-corrected chi connectivity index (χ0v) is 20.9. The third kappa shape index (κ3) is 3.42. The molecule has 2 aromatic heterocycles. The molecule has 3 aromatic carbocycles. The van der Waals surface area contributed by atoms with Gasteiger partial charge in [0.05, 0.1) is 6.61 Å². The van der Waals surface area contributed by atoms with E-state index in [1.54, 1.807) is 0 Å². The van der Waals surface area contributed by atoms with Gasteiger partial charge in [-0.1, -0.05) is 48.5 Å². The SMILES string of the molecule is CCOc1ccc(C(c2c(C)n(CC)c3ccccc23)c2c(C)n(CC)c3ccccc23)cc1. The Balaban J connectivity index is 1.87. The zero-order chi connectivity index (χ0) is 23.8. The first kappa shape index (κ1) is 22.3. The lowest BCUT2D eigenvalue weighted by Crippen LogP contribution is -2.08. The molecule has 2 heterocycles. The second-order valence-corrected chi connectivity index (χ2v) is 8.96. The monoisotopic (exact) mass is 450 g/mol. The van der Waals surface area contributed by atoms with E-state index in [1.165, 1.54) is 49.9 Å². The predicted molar refractivity (Wildman–Crippen MR) is 143 cm³/mol. The summed E-state index contributed by atoms with van der Waals surface area (Å²) in [6, 6.07) is 26.5. The second kappa shape index (κ2) is 9.06. The molecule has 0 saturated carbocycles. The van der Waals surface area contributed by atoms with Gasteiger partial charge in [0.1, 0.15) is 5.75 Å². The van der Waals surface area contributed by atoms with E-state index in [0.717, 1.165) is 18.8 Å². The van der Waals surface area contributed by atoms with Crippen LogP contribution in [0, 0.1) is 13.8 Å². The van der Waals surface area contributed by atoms with Crippen LogP contribution in [0.4, 0.5) is 0 Å². The average Bonchev–Trinajstić information content (AvgIpc) is 3.31. The maximum Gasteiger partial charge on any atom is 0.119 e. The first-order valence-electron chi connectivity index (χ1n) is 12.5. The van der Waals surface area contributed by atoms with Crippen molar-refractivity contribution < 1.29 is 4.74 Å². The lowest BCUT2D eigenvalue weighted by Gasteiger charge is -2.21. The van der Waals surface area contributed by atoms with Gasteiger partial charge in [-0.05, 0) is 75.6 Å². The van der Waals surface area contributed by atoms with Crippen LogP contribution in [0.25, 0.3) is 21.8 Å². The molecule has 0 aliphatic carbocycles. The van der Waals surface area contributed by atoms with Crippen LogP contribution in [0.3, 0.4) is 0 Å². The highest BCUT2D eigenvalue weighted by atomic mass is 16.5. The van der Waals surface area contributed by atoms with Crippen LogP contribution in [0.2, 0.25) is 0 Å². The van der Waals surface area contributed by atoms with Crippen LogP contribution >= 0.6 is 0 Å². The van der Waals surface area contributed by atoms with Crippen molar-refractivity contribution in [3.05, 3.63) is 101 Å². The maximum atomic E-state index is 5.77. The molecule has 0 unspecified atom stereocenters. The van der Waals surface area contributed by atoms with Crippen LogP contribution in [0.1, 0.15) is 54.8 Å². The number of para-hydroxylation sites is 2. The van der Waals surface area contributed by atoms with Crippen LogP contribution in [0.15, 0.2) is 72.8 Å². The Morgan fingerprint density at radius 1 is 0.647 bits per heavy atom. The molecule has 174 valence electrons. The van der Waals surface area contributed by atoms with Crippen molar-refractivity contribution >= 4 is 21.8 Å². The number of hydrogen-bond donors (Lipinski definition) is 0. The summed E-state index contributed by atoms with van der Waals surface area (Å²) in [6.45, 7) is 13.7. The van der Waals surface area contributed by atoms with Gasteiger partial charge in [0.25, 0.3) is 0 Å². The Morgan fingerprint density at radius 2 is 1.12 bits per heavy atom. The molecular formula is C31H34N2O. The number of hydrogen-bond acceptors (Lipinski definition) is 1. The minimum absolute atomic E-state index is 0.131. The van der Waals surface area contributed by atoms with Crippen molar-refractivity contribution in [3.8, 4) is 5.75 Å². The van der Waals surface area contributed by atoms with Crippen molar-refractivity contribution in [2.75, 3.05) is 6.61 Å². The van der Waals surface area contributed by atoms with Gasteiger partial charge in [-0.3, -0.25) is 0 Å². The third-order valence-electron chi connectivity index (χ3n) is 7.29. The van der Waals surface area contributed by atoms with E-state index in [4.69, 9.17) is 4.74 Å². The van der Waals surface area contributed by atoms with E-state index in [1.807, 2.05) is 6.92 Å². The first-order chi connectivity index (χ1) is 16.6. The topological polar surface area (TPSA) is 19.1 Å². The first-order valence-corrected chi connectivity index (χ1v) is 12.5. The van der Waals surface area contributed by atoms with Crippen molar-refractivity contribution in [1.29, 1.82) is 0 Å². The number of ether oxygens (including phenoxy) is 1. The van der Waals surface area contributed by atoms with Crippen LogP contribution in [-0.2, 0) is 13.1 Å². The quantitative estimate of drug-likeness (QED) is 0.247. The molecule has 0 aliphatic heterocycles. The number of benzene rings is 3. The summed E-state index contributed by atoms with van der Waals surface area (Å²) >= 11 is 0. The Labute approximate surface area is 202 Å². The van der Waals surface area contributed by atoms with E-state index in [-0.39, 0.29) is 5.92 Å². The number of rotatable bonds is 7. The molecule has 0 atom stereocenters. The third-order valence-corrected chi connectivity index (χ3v) is 7.29. The molecule has 0 spiro atoms. The van der Waals surface area contributed by atoms with E-state index < -0.39 is 0 Å². The molecule has 0 bridgehead atoms. The standard InChI is InChI=1S/C31H34N2O/c1-6-32-21(4)29(25-13-9-11-15-27(25)32)31(23-17-19-24(20-18-23)34-8-3)30-22(5)33(7-2)28-16-12-10-14-26(28)30/h9-20,31H,6-8H2,1-5H3. The smallest absolute Gasteiger partial charge is 0.119 e. The summed E-state index contributed by atoms with van der Waals surface area (Å²) < 4.78 is 10.7. The molecule has 5 aromatic rings. The molecule has 0 fully saturated rings. The van der Waals surface area contributed by atoms with Crippen molar-refractivity contribution in [1.82, 2.24) is 9.13 Å². The van der Waals surface area contributed by atoms with E-state index >= 15 is 0 Å². The molecular weight excluding hydrogens is 416 g/mol. The molecule has 0 N–H and O–H groups in total. The summed E-state index contributed by atoms with van der Waals surface area (Å²) in [5.41, 5.74) is 9.42. The van der Waals surface area contributed by atoms with Gasteiger partial charge in [-0.25, -0.2) is 0 Å². The fourth-order valence-electron chi connectivity index (χ4n) is 5.86. The van der Waals surface area contributed by atoms with E-state index in [9.17, 15) is 0 Å². The number of fused-ring (bicyclic) bond motifs is 2. The fourth-order valence-corrected chi connectivity index (χ4v) is 5.86. The predicted octanol–water partition coefficient (Wildman–Crippen LogP) is 7.83. The Bertz CT molecular complexity index is 1360. The van der Waals surface area contributed by atoms with Gasteiger partial charge in [-0.15, -0.1) is 0 Å².